The predicted octanol–water partition coefficient (Wildman–Crippen LogP) is 2.83. The highest BCUT2D eigenvalue weighted by Gasteiger charge is 2.18. The highest BCUT2D eigenvalue weighted by molar-refractivity contribution is 7.98. The Morgan fingerprint density at radius 3 is 2.57 bits per heavy atom. The largest absolute Gasteiger partial charge is 0.395 e. The maximum absolute atomic E-state index is 12.3. The Bertz CT molecular complexity index is 436. The Morgan fingerprint density at radius 1 is 1.33 bits per heavy atom. The van der Waals surface area contributed by atoms with Crippen LogP contribution < -0.4 is 5.32 Å². The molecular formula is C16H26N2O2S. The number of carbonyl (C=O) groups excluding carboxylic acids is 1. The third-order valence-electron chi connectivity index (χ3n) is 3.57. The first-order valence-corrected chi connectivity index (χ1v) is 8.66. The number of nitrogens with zero attached hydrogens (tertiary/aromatic N) is 1. The van der Waals surface area contributed by atoms with Gasteiger partial charge in [-0.1, -0.05) is 26.0 Å². The molecular weight excluding hydrogens is 284 g/mol. The Hall–Kier alpha value is -1.04. The molecule has 118 valence electrons. The second-order valence-corrected chi connectivity index (χ2v) is 5.76. The van der Waals surface area contributed by atoms with Gasteiger partial charge in [0, 0.05) is 17.5 Å². The number of nitrogens with one attached hydrogen (secondary N) is 1. The maximum atomic E-state index is 12.3. The molecule has 0 radical (unpaired) electrons. The lowest BCUT2D eigenvalue weighted by Gasteiger charge is -2.29. The van der Waals surface area contributed by atoms with Crippen LogP contribution in [0.4, 0.5) is 5.69 Å². The minimum absolute atomic E-state index is 0.0307. The van der Waals surface area contributed by atoms with Crippen LogP contribution in [0.1, 0.15) is 26.7 Å². The smallest absolute Gasteiger partial charge is 0.238 e. The highest BCUT2D eigenvalue weighted by Crippen LogP contribution is 2.24. The van der Waals surface area contributed by atoms with Gasteiger partial charge in [0.2, 0.25) is 5.91 Å². The van der Waals surface area contributed by atoms with Gasteiger partial charge in [0.05, 0.1) is 18.8 Å². The molecule has 0 spiro atoms. The van der Waals surface area contributed by atoms with E-state index in [1.807, 2.05) is 30.5 Å². The summed E-state index contributed by atoms with van der Waals surface area (Å²) in [5.41, 5.74) is 0.850. The van der Waals surface area contributed by atoms with E-state index < -0.39 is 0 Å². The number of benzene rings is 1. The summed E-state index contributed by atoms with van der Waals surface area (Å²) in [6.45, 7) is 5.14. The van der Waals surface area contributed by atoms with Crippen LogP contribution in [0.3, 0.4) is 0 Å². The van der Waals surface area contributed by atoms with Crippen molar-refractivity contribution in [3.8, 4) is 0 Å². The maximum Gasteiger partial charge on any atom is 0.238 e. The van der Waals surface area contributed by atoms with Gasteiger partial charge in [-0.2, -0.15) is 0 Å². The lowest BCUT2D eigenvalue weighted by Crippen LogP contribution is -2.42. The number of aliphatic hydroxyl groups is 1. The first-order valence-electron chi connectivity index (χ1n) is 7.43. The number of para-hydroxylation sites is 1. The molecule has 0 unspecified atom stereocenters. The molecule has 0 atom stereocenters. The van der Waals surface area contributed by atoms with Crippen molar-refractivity contribution in [2.24, 2.45) is 0 Å². The highest BCUT2D eigenvalue weighted by atomic mass is 32.2. The van der Waals surface area contributed by atoms with Crippen LogP contribution in [-0.4, -0.2) is 47.9 Å². The SMILES string of the molecule is CCC(CC)N(CCO)CC(=O)Nc1ccccc1SC. The van der Waals surface area contributed by atoms with E-state index in [0.717, 1.165) is 23.4 Å². The van der Waals surface area contributed by atoms with E-state index >= 15 is 0 Å². The first-order chi connectivity index (χ1) is 10.2. The lowest BCUT2D eigenvalue weighted by atomic mass is 10.1. The summed E-state index contributed by atoms with van der Waals surface area (Å²) < 4.78 is 0. The predicted molar refractivity (Wildman–Crippen MR) is 89.9 cm³/mol. The fourth-order valence-electron chi connectivity index (χ4n) is 2.45. The summed E-state index contributed by atoms with van der Waals surface area (Å²) in [6, 6.07) is 8.12. The van der Waals surface area contributed by atoms with Crippen LogP contribution in [0.15, 0.2) is 29.2 Å². The van der Waals surface area contributed by atoms with Gasteiger partial charge in [-0.15, -0.1) is 11.8 Å². The molecule has 1 amide bonds. The topological polar surface area (TPSA) is 52.6 Å². The Balaban J connectivity index is 2.69. The van der Waals surface area contributed by atoms with Crippen molar-refractivity contribution < 1.29 is 9.90 Å². The number of rotatable bonds is 9. The minimum Gasteiger partial charge on any atom is -0.395 e. The molecule has 21 heavy (non-hydrogen) atoms. The molecule has 0 bridgehead atoms. The molecule has 4 nitrogen and oxygen atoms in total. The molecule has 0 aliphatic rings. The molecule has 0 heterocycles. The molecule has 0 aliphatic carbocycles. The average molecular weight is 310 g/mol. The summed E-state index contributed by atoms with van der Waals surface area (Å²) in [5, 5.41) is 12.2. The number of aliphatic hydroxyl groups excluding tert-OH is 1. The van der Waals surface area contributed by atoms with Gasteiger partial charge < -0.3 is 10.4 Å². The van der Waals surface area contributed by atoms with Crippen molar-refractivity contribution in [1.82, 2.24) is 4.90 Å². The molecule has 0 saturated carbocycles. The number of hydrogen-bond acceptors (Lipinski definition) is 4. The van der Waals surface area contributed by atoms with Crippen molar-refractivity contribution in [3.05, 3.63) is 24.3 Å². The normalized spacial score (nSPS) is 11.1. The molecule has 1 aromatic carbocycles. The molecule has 0 aliphatic heterocycles. The van der Waals surface area contributed by atoms with Crippen LogP contribution in [0.5, 0.6) is 0 Å². The Labute approximate surface area is 131 Å². The van der Waals surface area contributed by atoms with E-state index in [4.69, 9.17) is 0 Å². The number of amides is 1. The molecule has 1 rings (SSSR count). The van der Waals surface area contributed by atoms with Gasteiger partial charge in [-0.25, -0.2) is 0 Å². The lowest BCUT2D eigenvalue weighted by molar-refractivity contribution is -0.118. The van der Waals surface area contributed by atoms with Crippen LogP contribution in [0.25, 0.3) is 0 Å². The third kappa shape index (κ3) is 5.69. The number of hydrogen-bond donors (Lipinski definition) is 2. The zero-order valence-corrected chi connectivity index (χ0v) is 13.9. The number of thioether (sulfide) groups is 1. The van der Waals surface area contributed by atoms with Crippen molar-refractivity contribution in [1.29, 1.82) is 0 Å². The minimum atomic E-state index is -0.0307. The standard InChI is InChI=1S/C16H26N2O2S/c1-4-13(5-2)18(10-11-19)12-16(20)17-14-8-6-7-9-15(14)21-3/h6-9,13,19H,4-5,10-12H2,1-3H3,(H,17,20). The van der Waals surface area contributed by atoms with E-state index in [1.165, 1.54) is 0 Å². The van der Waals surface area contributed by atoms with Gasteiger partial charge in [0.25, 0.3) is 0 Å². The molecule has 2 N–H and O–H groups in total. The fourth-order valence-corrected chi connectivity index (χ4v) is 3.00. The Kier molecular flexibility index (Phi) is 8.42. The van der Waals surface area contributed by atoms with Crippen molar-refractivity contribution in [2.45, 2.75) is 37.6 Å². The van der Waals surface area contributed by atoms with E-state index in [9.17, 15) is 9.90 Å². The van der Waals surface area contributed by atoms with Crippen molar-refractivity contribution in [2.75, 3.05) is 31.3 Å². The molecule has 0 saturated heterocycles. The van der Waals surface area contributed by atoms with E-state index in [-0.39, 0.29) is 12.5 Å². The second kappa shape index (κ2) is 9.82. The molecule has 5 heteroatoms. The second-order valence-electron chi connectivity index (χ2n) is 4.91. The summed E-state index contributed by atoms with van der Waals surface area (Å²) in [5.74, 6) is -0.0307. The zero-order valence-electron chi connectivity index (χ0n) is 13.1. The van der Waals surface area contributed by atoms with Gasteiger partial charge in [0.1, 0.15) is 0 Å². The van der Waals surface area contributed by atoms with E-state index in [1.54, 1.807) is 11.8 Å². The third-order valence-corrected chi connectivity index (χ3v) is 4.37. The summed E-state index contributed by atoms with van der Waals surface area (Å²) in [6.07, 6.45) is 3.95. The summed E-state index contributed by atoms with van der Waals surface area (Å²) >= 11 is 1.61. The monoisotopic (exact) mass is 310 g/mol. The van der Waals surface area contributed by atoms with Crippen molar-refractivity contribution >= 4 is 23.4 Å². The summed E-state index contributed by atoms with van der Waals surface area (Å²) in [4.78, 5) is 15.4. The summed E-state index contributed by atoms with van der Waals surface area (Å²) in [7, 11) is 0. The van der Waals surface area contributed by atoms with Gasteiger partial charge >= 0.3 is 0 Å². The van der Waals surface area contributed by atoms with Crippen LogP contribution in [-0.2, 0) is 4.79 Å². The average Bonchev–Trinajstić information content (AvgIpc) is 2.49. The molecule has 0 fully saturated rings. The number of anilines is 1. The van der Waals surface area contributed by atoms with Crippen LogP contribution in [0, 0.1) is 0 Å². The Morgan fingerprint density at radius 2 is 2.00 bits per heavy atom. The molecule has 0 aromatic heterocycles. The zero-order chi connectivity index (χ0) is 15.7. The van der Waals surface area contributed by atoms with Gasteiger partial charge in [-0.05, 0) is 31.2 Å². The van der Waals surface area contributed by atoms with Gasteiger partial charge in [-0.3, -0.25) is 9.69 Å². The quantitative estimate of drug-likeness (QED) is 0.689. The van der Waals surface area contributed by atoms with Gasteiger partial charge in [0.15, 0.2) is 0 Å². The van der Waals surface area contributed by atoms with E-state index in [2.05, 4.69) is 24.1 Å². The van der Waals surface area contributed by atoms with Crippen LogP contribution in [0.2, 0.25) is 0 Å². The number of carbonyl (C=O) groups is 1. The van der Waals surface area contributed by atoms with Crippen molar-refractivity contribution in [3.63, 3.8) is 0 Å². The van der Waals surface area contributed by atoms with E-state index in [0.29, 0.717) is 19.1 Å². The van der Waals surface area contributed by atoms with Crippen LogP contribution >= 0.6 is 11.8 Å². The molecule has 1 aromatic rings. The fraction of sp³-hybridized carbons (Fsp3) is 0.562. The first kappa shape index (κ1) is 18.0.